The van der Waals surface area contributed by atoms with E-state index in [1.165, 1.54) is 21.3 Å². The van der Waals surface area contributed by atoms with Crippen LogP contribution in [0.3, 0.4) is 0 Å². The van der Waals surface area contributed by atoms with E-state index in [2.05, 4.69) is 10.4 Å². The largest absolute Gasteiger partial charge is 0.493 e. The lowest BCUT2D eigenvalue weighted by Gasteiger charge is -2.13. The molecule has 8 nitrogen and oxygen atoms in total. The summed E-state index contributed by atoms with van der Waals surface area (Å²) in [5.74, 6) is 1.34. The fraction of sp³-hybridized carbons (Fsp3) is 0.261. The van der Waals surface area contributed by atoms with Gasteiger partial charge in [-0.15, -0.1) is 0 Å². The SMILES string of the molecule is CCn1nc(NC(=O)c2cc(OC)c(OC)c(OC)c2)c2cc3cccc(C)c3nc21. The second kappa shape index (κ2) is 8.14. The van der Waals surface area contributed by atoms with Gasteiger partial charge in [0.15, 0.2) is 23.0 Å². The highest BCUT2D eigenvalue weighted by molar-refractivity contribution is 6.09. The third-order valence-corrected chi connectivity index (χ3v) is 5.21. The van der Waals surface area contributed by atoms with Gasteiger partial charge in [0.05, 0.1) is 32.2 Å². The second-order valence-corrected chi connectivity index (χ2v) is 7.04. The highest BCUT2D eigenvalue weighted by Crippen LogP contribution is 2.38. The van der Waals surface area contributed by atoms with Crippen LogP contribution in [0.25, 0.3) is 21.9 Å². The molecule has 0 saturated heterocycles. The molecule has 0 unspecified atom stereocenters. The Morgan fingerprint density at radius 1 is 1.06 bits per heavy atom. The summed E-state index contributed by atoms with van der Waals surface area (Å²) in [5, 5.41) is 9.26. The number of carbonyl (C=O) groups is 1. The van der Waals surface area contributed by atoms with Gasteiger partial charge in [0.25, 0.3) is 5.91 Å². The standard InChI is InChI=1S/C23H24N4O4/c1-6-27-22-16(10-14-9-7-8-13(2)19(14)24-22)21(26-27)25-23(28)15-11-17(29-3)20(31-5)18(12-15)30-4/h7-12H,6H2,1-5H3,(H,25,26,28). The molecule has 4 aromatic rings. The Morgan fingerprint density at radius 3 is 2.39 bits per heavy atom. The van der Waals surface area contributed by atoms with Gasteiger partial charge in [-0.1, -0.05) is 18.2 Å². The van der Waals surface area contributed by atoms with E-state index in [9.17, 15) is 4.79 Å². The van der Waals surface area contributed by atoms with E-state index in [0.717, 1.165) is 27.5 Å². The van der Waals surface area contributed by atoms with Crippen molar-refractivity contribution in [3.8, 4) is 17.2 Å². The number of methoxy groups -OCH3 is 3. The maximum atomic E-state index is 13.1. The number of nitrogens with one attached hydrogen (secondary N) is 1. The minimum atomic E-state index is -0.341. The quantitative estimate of drug-likeness (QED) is 0.503. The van der Waals surface area contributed by atoms with Crippen LogP contribution in [0.1, 0.15) is 22.8 Å². The van der Waals surface area contributed by atoms with Gasteiger partial charge in [0, 0.05) is 17.5 Å². The summed E-state index contributed by atoms with van der Waals surface area (Å²) in [4.78, 5) is 17.9. The summed E-state index contributed by atoms with van der Waals surface area (Å²) in [5.41, 5.74) is 3.10. The second-order valence-electron chi connectivity index (χ2n) is 7.04. The van der Waals surface area contributed by atoms with Gasteiger partial charge >= 0.3 is 0 Å². The van der Waals surface area contributed by atoms with Crippen LogP contribution in [0.2, 0.25) is 0 Å². The molecule has 0 saturated carbocycles. The van der Waals surface area contributed by atoms with Crippen LogP contribution in [-0.4, -0.2) is 42.0 Å². The molecule has 2 aromatic carbocycles. The molecule has 2 heterocycles. The Morgan fingerprint density at radius 2 is 1.77 bits per heavy atom. The summed E-state index contributed by atoms with van der Waals surface area (Å²) in [6.07, 6.45) is 0. The predicted molar refractivity (Wildman–Crippen MR) is 119 cm³/mol. The molecule has 4 rings (SSSR count). The molecular formula is C23H24N4O4. The van der Waals surface area contributed by atoms with Gasteiger partial charge in [-0.25, -0.2) is 9.67 Å². The number of anilines is 1. The van der Waals surface area contributed by atoms with E-state index < -0.39 is 0 Å². The van der Waals surface area contributed by atoms with Crippen LogP contribution < -0.4 is 19.5 Å². The first-order valence-corrected chi connectivity index (χ1v) is 9.89. The molecule has 0 fully saturated rings. The number of pyridine rings is 1. The van der Waals surface area contributed by atoms with E-state index in [4.69, 9.17) is 19.2 Å². The highest BCUT2D eigenvalue weighted by Gasteiger charge is 2.20. The number of carbonyl (C=O) groups excluding carboxylic acids is 1. The predicted octanol–water partition coefficient (Wildman–Crippen LogP) is 4.19. The van der Waals surface area contributed by atoms with Gasteiger partial charge in [0.2, 0.25) is 5.75 Å². The van der Waals surface area contributed by atoms with E-state index in [-0.39, 0.29) is 5.91 Å². The first kappa shape index (κ1) is 20.5. The average Bonchev–Trinajstić information content (AvgIpc) is 3.13. The Balaban J connectivity index is 1.79. The molecular weight excluding hydrogens is 396 g/mol. The number of aryl methyl sites for hydroxylation is 2. The lowest BCUT2D eigenvalue weighted by Crippen LogP contribution is -2.13. The molecule has 31 heavy (non-hydrogen) atoms. The summed E-state index contributed by atoms with van der Waals surface area (Å²) in [6.45, 7) is 4.64. The van der Waals surface area contributed by atoms with Crippen molar-refractivity contribution >= 4 is 33.7 Å². The number of amides is 1. The number of para-hydroxylation sites is 1. The zero-order valence-corrected chi connectivity index (χ0v) is 18.1. The topological polar surface area (TPSA) is 87.5 Å². The highest BCUT2D eigenvalue weighted by atomic mass is 16.5. The number of ether oxygens (including phenoxy) is 3. The van der Waals surface area contributed by atoms with E-state index in [1.54, 1.807) is 16.8 Å². The molecule has 160 valence electrons. The van der Waals surface area contributed by atoms with Crippen LogP contribution in [-0.2, 0) is 6.54 Å². The summed E-state index contributed by atoms with van der Waals surface area (Å²) in [7, 11) is 4.53. The number of rotatable bonds is 6. The number of hydrogen-bond acceptors (Lipinski definition) is 6. The van der Waals surface area contributed by atoms with Crippen molar-refractivity contribution in [2.24, 2.45) is 0 Å². The molecule has 0 aliphatic carbocycles. The maximum Gasteiger partial charge on any atom is 0.257 e. The first-order valence-electron chi connectivity index (χ1n) is 9.89. The monoisotopic (exact) mass is 420 g/mol. The number of nitrogens with zero attached hydrogens (tertiary/aromatic N) is 3. The molecule has 0 aliphatic heterocycles. The van der Waals surface area contributed by atoms with Gasteiger partial charge in [0.1, 0.15) is 0 Å². The molecule has 0 aliphatic rings. The summed E-state index contributed by atoms with van der Waals surface area (Å²) >= 11 is 0. The lowest BCUT2D eigenvalue weighted by atomic mass is 10.1. The van der Waals surface area contributed by atoms with Crippen molar-refractivity contribution in [2.75, 3.05) is 26.6 Å². The Bertz CT molecular complexity index is 1270. The fourth-order valence-electron chi connectivity index (χ4n) is 3.63. The first-order chi connectivity index (χ1) is 15.0. The van der Waals surface area contributed by atoms with Gasteiger partial charge in [-0.2, -0.15) is 5.10 Å². The molecule has 0 atom stereocenters. The van der Waals surface area contributed by atoms with Crippen LogP contribution in [0.15, 0.2) is 36.4 Å². The van der Waals surface area contributed by atoms with Crippen LogP contribution in [0.5, 0.6) is 17.2 Å². The normalized spacial score (nSPS) is 11.0. The number of fused-ring (bicyclic) bond motifs is 2. The van der Waals surface area contributed by atoms with Crippen molar-refractivity contribution in [3.63, 3.8) is 0 Å². The molecule has 8 heteroatoms. The molecule has 0 radical (unpaired) electrons. The molecule has 0 spiro atoms. The van der Waals surface area contributed by atoms with Gasteiger partial charge < -0.3 is 19.5 Å². The summed E-state index contributed by atoms with van der Waals surface area (Å²) < 4.78 is 17.8. The summed E-state index contributed by atoms with van der Waals surface area (Å²) in [6, 6.07) is 11.2. The van der Waals surface area contributed by atoms with Crippen LogP contribution in [0, 0.1) is 6.92 Å². The Hall–Kier alpha value is -3.81. The molecule has 2 aromatic heterocycles. The minimum Gasteiger partial charge on any atom is -0.493 e. The average molecular weight is 420 g/mol. The van der Waals surface area contributed by atoms with E-state index in [0.29, 0.717) is 35.2 Å². The van der Waals surface area contributed by atoms with Gasteiger partial charge in [-0.05, 0) is 37.6 Å². The van der Waals surface area contributed by atoms with Crippen LogP contribution in [0.4, 0.5) is 5.82 Å². The molecule has 1 amide bonds. The smallest absolute Gasteiger partial charge is 0.257 e. The van der Waals surface area contributed by atoms with Crippen molar-refractivity contribution in [1.29, 1.82) is 0 Å². The zero-order chi connectivity index (χ0) is 22.1. The Labute approximate surface area is 179 Å². The van der Waals surface area contributed by atoms with Crippen molar-refractivity contribution in [2.45, 2.75) is 20.4 Å². The number of hydrogen-bond donors (Lipinski definition) is 1. The van der Waals surface area contributed by atoms with Gasteiger partial charge in [-0.3, -0.25) is 4.79 Å². The number of aromatic nitrogens is 3. The zero-order valence-electron chi connectivity index (χ0n) is 18.1. The third kappa shape index (κ3) is 3.50. The van der Waals surface area contributed by atoms with Crippen molar-refractivity contribution in [1.82, 2.24) is 14.8 Å². The third-order valence-electron chi connectivity index (χ3n) is 5.21. The minimum absolute atomic E-state index is 0.341. The lowest BCUT2D eigenvalue weighted by molar-refractivity contribution is 0.102. The van der Waals surface area contributed by atoms with Crippen LogP contribution >= 0.6 is 0 Å². The van der Waals surface area contributed by atoms with Crippen molar-refractivity contribution < 1.29 is 19.0 Å². The molecule has 0 bridgehead atoms. The number of benzene rings is 2. The van der Waals surface area contributed by atoms with E-state index >= 15 is 0 Å². The van der Waals surface area contributed by atoms with Crippen molar-refractivity contribution in [3.05, 3.63) is 47.5 Å². The maximum absolute atomic E-state index is 13.1. The van der Waals surface area contributed by atoms with E-state index in [1.807, 2.05) is 38.1 Å². The fourth-order valence-corrected chi connectivity index (χ4v) is 3.63. The Kier molecular flexibility index (Phi) is 5.37. The molecule has 1 N–H and O–H groups in total.